The Morgan fingerprint density at radius 2 is 1.86 bits per heavy atom. The number of nitrogens with one attached hydrogen (secondary N) is 1. The smallest absolute Gasteiger partial charge is 0.263 e. The van der Waals surface area contributed by atoms with Gasteiger partial charge in [-0.1, -0.05) is 53.2 Å². The van der Waals surface area contributed by atoms with Gasteiger partial charge in [0.2, 0.25) is 0 Å². The number of carbonyl (C=O) groups excluding carboxylic acids is 1. The summed E-state index contributed by atoms with van der Waals surface area (Å²) in [6, 6.07) is 9.33. The Balaban J connectivity index is 1.63. The lowest BCUT2D eigenvalue weighted by atomic mass is 10.1. The van der Waals surface area contributed by atoms with Crippen LogP contribution < -0.4 is 14.8 Å². The van der Waals surface area contributed by atoms with Gasteiger partial charge in [0.05, 0.1) is 23.1 Å². The first-order chi connectivity index (χ1) is 13.8. The van der Waals surface area contributed by atoms with Crippen molar-refractivity contribution in [2.45, 2.75) is 20.3 Å². The van der Waals surface area contributed by atoms with Gasteiger partial charge in [-0.05, 0) is 55.3 Å². The second-order valence-electron chi connectivity index (χ2n) is 6.45. The van der Waals surface area contributed by atoms with Crippen LogP contribution >= 0.6 is 47.2 Å². The van der Waals surface area contributed by atoms with Crippen molar-refractivity contribution < 1.29 is 14.3 Å². The third-order valence-corrected chi connectivity index (χ3v) is 5.91. The second kappa shape index (κ2) is 9.85. The lowest BCUT2D eigenvalue weighted by Crippen LogP contribution is -2.17. The summed E-state index contributed by atoms with van der Waals surface area (Å²) in [6.45, 7) is 5.03. The van der Waals surface area contributed by atoms with Crippen LogP contribution in [0.1, 0.15) is 23.1 Å². The van der Waals surface area contributed by atoms with Gasteiger partial charge in [0.25, 0.3) is 5.91 Å². The number of hydrogen-bond acceptors (Lipinski definition) is 5. The number of benzene rings is 2. The van der Waals surface area contributed by atoms with Crippen LogP contribution in [0.5, 0.6) is 11.5 Å². The van der Waals surface area contributed by atoms with E-state index < -0.39 is 0 Å². The number of hydrogen-bond donors (Lipinski definition) is 1. The average molecular weight is 468 g/mol. The molecule has 0 atom stereocenters. The molecule has 1 fully saturated rings. The Morgan fingerprint density at radius 3 is 2.55 bits per heavy atom. The number of ether oxygens (including phenoxy) is 2. The maximum Gasteiger partial charge on any atom is 0.263 e. The molecule has 4 nitrogen and oxygen atoms in total. The van der Waals surface area contributed by atoms with Crippen molar-refractivity contribution in [2.75, 3.05) is 13.2 Å². The van der Waals surface area contributed by atoms with E-state index in [1.165, 1.54) is 22.9 Å². The van der Waals surface area contributed by atoms with Crippen molar-refractivity contribution in [3.05, 3.63) is 62.0 Å². The highest BCUT2D eigenvalue weighted by atomic mass is 35.5. The largest absolute Gasteiger partial charge is 0.493 e. The molecule has 0 saturated carbocycles. The van der Waals surface area contributed by atoms with E-state index in [0.717, 1.165) is 5.75 Å². The van der Waals surface area contributed by atoms with Crippen molar-refractivity contribution in [3.8, 4) is 11.5 Å². The summed E-state index contributed by atoms with van der Waals surface area (Å²) in [5.41, 5.74) is 3.05. The predicted octanol–water partition coefficient (Wildman–Crippen LogP) is 5.95. The Hall–Kier alpha value is -1.73. The topological polar surface area (TPSA) is 47.6 Å². The molecule has 8 heteroatoms. The van der Waals surface area contributed by atoms with Crippen LogP contribution in [0, 0.1) is 13.8 Å². The number of carbonyl (C=O) groups is 1. The van der Waals surface area contributed by atoms with Gasteiger partial charge >= 0.3 is 0 Å². The van der Waals surface area contributed by atoms with Crippen molar-refractivity contribution in [1.29, 1.82) is 0 Å². The van der Waals surface area contributed by atoms with E-state index in [-0.39, 0.29) is 5.91 Å². The predicted molar refractivity (Wildman–Crippen MR) is 124 cm³/mol. The monoisotopic (exact) mass is 467 g/mol. The van der Waals surface area contributed by atoms with Crippen molar-refractivity contribution in [1.82, 2.24) is 5.32 Å². The minimum atomic E-state index is -0.246. The molecule has 1 N–H and O–H groups in total. The van der Waals surface area contributed by atoms with E-state index in [9.17, 15) is 4.79 Å². The lowest BCUT2D eigenvalue weighted by molar-refractivity contribution is -0.115. The van der Waals surface area contributed by atoms with Crippen LogP contribution in [0.4, 0.5) is 0 Å². The number of aryl methyl sites for hydroxylation is 2. The highest BCUT2D eigenvalue weighted by Gasteiger charge is 2.23. The van der Waals surface area contributed by atoms with E-state index in [1.54, 1.807) is 18.2 Å². The van der Waals surface area contributed by atoms with Gasteiger partial charge in [-0.2, -0.15) is 0 Å². The first-order valence-electron chi connectivity index (χ1n) is 8.90. The molecule has 3 rings (SSSR count). The van der Waals surface area contributed by atoms with E-state index in [0.29, 0.717) is 50.2 Å². The molecule has 1 aliphatic heterocycles. The Labute approximate surface area is 189 Å². The fourth-order valence-corrected chi connectivity index (χ4v) is 4.23. The Bertz CT molecular complexity index is 992. The quantitative estimate of drug-likeness (QED) is 0.309. The van der Waals surface area contributed by atoms with Gasteiger partial charge in [0.1, 0.15) is 15.8 Å². The highest BCUT2D eigenvalue weighted by Crippen LogP contribution is 2.36. The second-order valence-corrected chi connectivity index (χ2v) is 9.02. The zero-order chi connectivity index (χ0) is 21.0. The third kappa shape index (κ3) is 5.89. The van der Waals surface area contributed by atoms with Crippen molar-refractivity contribution in [3.63, 3.8) is 0 Å². The SMILES string of the molecule is Cc1ccc(OCCCOc2c(Cl)cc(Cl)cc2/C=C2\SC(=S)NC2=O)cc1C. The van der Waals surface area contributed by atoms with Gasteiger partial charge in [0, 0.05) is 17.0 Å². The van der Waals surface area contributed by atoms with Crippen LogP contribution in [0.3, 0.4) is 0 Å². The van der Waals surface area contributed by atoms with Crippen LogP contribution in [0.25, 0.3) is 6.08 Å². The molecule has 0 aromatic heterocycles. The summed E-state index contributed by atoms with van der Waals surface area (Å²) >= 11 is 18.7. The molecular formula is C21H19Cl2NO3S2. The summed E-state index contributed by atoms with van der Waals surface area (Å²) in [6.07, 6.45) is 2.35. The molecule has 0 aliphatic carbocycles. The van der Waals surface area contributed by atoms with Crippen LogP contribution in [-0.4, -0.2) is 23.4 Å². The molecule has 0 unspecified atom stereocenters. The van der Waals surface area contributed by atoms with E-state index in [4.69, 9.17) is 44.9 Å². The number of thiocarbonyl (C=S) groups is 1. The van der Waals surface area contributed by atoms with E-state index in [2.05, 4.69) is 19.2 Å². The Morgan fingerprint density at radius 1 is 1.10 bits per heavy atom. The van der Waals surface area contributed by atoms with E-state index >= 15 is 0 Å². The van der Waals surface area contributed by atoms with Crippen molar-refractivity contribution >= 4 is 63.5 Å². The number of thioether (sulfide) groups is 1. The number of rotatable bonds is 7. The molecule has 0 radical (unpaired) electrons. The first-order valence-corrected chi connectivity index (χ1v) is 10.9. The zero-order valence-corrected chi connectivity index (χ0v) is 19.0. The van der Waals surface area contributed by atoms with Gasteiger partial charge in [-0.15, -0.1) is 0 Å². The van der Waals surface area contributed by atoms with Crippen LogP contribution in [0.2, 0.25) is 10.0 Å². The van der Waals surface area contributed by atoms with Crippen LogP contribution in [-0.2, 0) is 4.79 Å². The first kappa shape index (κ1) is 22.0. The maximum absolute atomic E-state index is 11.9. The fourth-order valence-electron chi connectivity index (χ4n) is 2.63. The molecule has 1 aliphatic rings. The normalized spacial score (nSPS) is 15.0. The summed E-state index contributed by atoms with van der Waals surface area (Å²) in [7, 11) is 0. The minimum Gasteiger partial charge on any atom is -0.493 e. The molecule has 152 valence electrons. The summed E-state index contributed by atoms with van der Waals surface area (Å²) in [5, 5.41) is 3.42. The molecule has 29 heavy (non-hydrogen) atoms. The van der Waals surface area contributed by atoms with Gasteiger partial charge in [-0.25, -0.2) is 0 Å². The highest BCUT2D eigenvalue weighted by molar-refractivity contribution is 8.26. The molecule has 1 amide bonds. The Kier molecular flexibility index (Phi) is 7.46. The number of amides is 1. The van der Waals surface area contributed by atoms with Gasteiger partial charge < -0.3 is 14.8 Å². The summed E-state index contributed by atoms with van der Waals surface area (Å²) in [5.74, 6) is 1.06. The molecular weight excluding hydrogens is 449 g/mol. The molecule has 0 bridgehead atoms. The zero-order valence-electron chi connectivity index (χ0n) is 15.9. The standard InChI is InChI=1S/C21H19Cl2NO3S2/c1-12-4-5-16(8-13(12)2)26-6-3-7-27-19-14(9-15(22)11-17(19)23)10-18-20(25)24-21(28)29-18/h4-5,8-11H,3,6-7H2,1-2H3,(H,24,25,28)/b18-10-. The lowest BCUT2D eigenvalue weighted by Gasteiger charge is -2.13. The van der Waals surface area contributed by atoms with Crippen molar-refractivity contribution in [2.24, 2.45) is 0 Å². The summed E-state index contributed by atoms with van der Waals surface area (Å²) in [4.78, 5) is 12.4. The molecule has 2 aromatic carbocycles. The number of halogens is 2. The summed E-state index contributed by atoms with van der Waals surface area (Å²) < 4.78 is 12.1. The molecule has 2 aromatic rings. The maximum atomic E-state index is 11.9. The average Bonchev–Trinajstić information content (AvgIpc) is 2.96. The third-order valence-electron chi connectivity index (χ3n) is 4.25. The van der Waals surface area contributed by atoms with Gasteiger partial charge in [0.15, 0.2) is 0 Å². The molecule has 1 heterocycles. The van der Waals surface area contributed by atoms with Gasteiger partial charge in [-0.3, -0.25) is 4.79 Å². The minimum absolute atomic E-state index is 0.246. The van der Waals surface area contributed by atoms with Crippen LogP contribution in [0.15, 0.2) is 35.2 Å². The molecule has 0 spiro atoms. The molecule has 1 saturated heterocycles. The fraction of sp³-hybridized carbons (Fsp3) is 0.238. The van der Waals surface area contributed by atoms with E-state index in [1.807, 2.05) is 18.2 Å².